The van der Waals surface area contributed by atoms with Crippen LogP contribution in [0.3, 0.4) is 0 Å². The molecule has 0 radical (unpaired) electrons. The standard InChI is InChI=1S/C72H116O6/c1-4-7-10-13-16-19-22-25-28-30-32-33-34-35-36-37-38-39-40-42-44-47-50-53-56-59-62-65-71(74)77-68-69(67-76-70(73)64-61-58-55-52-49-46-43-27-24-21-18-15-12-9-6-3)78-72(75)66-63-60-57-54-51-48-45-41-31-29-26-23-20-17-14-11-8-5-2/h7,10,16,18-21,23,25,27-29,31-33,35-36,38-39,42-44,50,53,69H,4-6,8-9,11-15,17,22,24,26,30,34,37,40-41,45-49,51-52,54-68H2,1-3H3/b10-7-,19-16-,21-18-,23-20-,28-25-,31-29-,33-32-,36-35-,39-38-,43-27-,44-42-,53-50-. The van der Waals surface area contributed by atoms with Crippen molar-refractivity contribution in [2.45, 2.75) is 277 Å². The zero-order valence-electron chi connectivity index (χ0n) is 50.4. The predicted molar refractivity (Wildman–Crippen MR) is 339 cm³/mol. The van der Waals surface area contributed by atoms with Gasteiger partial charge in [0.15, 0.2) is 6.10 Å². The van der Waals surface area contributed by atoms with E-state index in [1.54, 1.807) is 0 Å². The van der Waals surface area contributed by atoms with Crippen LogP contribution in [0.4, 0.5) is 0 Å². The predicted octanol–water partition coefficient (Wildman–Crippen LogP) is 21.9. The molecule has 440 valence electrons. The van der Waals surface area contributed by atoms with Crippen LogP contribution < -0.4 is 0 Å². The lowest BCUT2D eigenvalue weighted by atomic mass is 10.1. The van der Waals surface area contributed by atoms with Crippen molar-refractivity contribution in [3.63, 3.8) is 0 Å². The van der Waals surface area contributed by atoms with Crippen LogP contribution in [-0.4, -0.2) is 37.2 Å². The minimum atomic E-state index is -0.814. The molecule has 1 atom stereocenters. The number of hydrogen-bond acceptors (Lipinski definition) is 6. The number of rotatable bonds is 56. The fourth-order valence-electron chi connectivity index (χ4n) is 8.28. The summed E-state index contributed by atoms with van der Waals surface area (Å²) in [5.41, 5.74) is 0. The van der Waals surface area contributed by atoms with E-state index in [-0.39, 0.29) is 31.1 Å². The van der Waals surface area contributed by atoms with Crippen LogP contribution in [0.2, 0.25) is 0 Å². The van der Waals surface area contributed by atoms with Crippen molar-refractivity contribution in [3.05, 3.63) is 146 Å². The van der Waals surface area contributed by atoms with Gasteiger partial charge < -0.3 is 14.2 Å². The van der Waals surface area contributed by atoms with Gasteiger partial charge in [-0.15, -0.1) is 0 Å². The van der Waals surface area contributed by atoms with Gasteiger partial charge in [0.05, 0.1) is 0 Å². The molecule has 0 saturated carbocycles. The molecular weight excluding hydrogens is 961 g/mol. The van der Waals surface area contributed by atoms with Gasteiger partial charge in [0.25, 0.3) is 0 Å². The molecule has 0 spiro atoms. The first-order chi connectivity index (χ1) is 38.5. The molecule has 0 bridgehead atoms. The maximum atomic E-state index is 12.9. The summed E-state index contributed by atoms with van der Waals surface area (Å²) in [4.78, 5) is 38.3. The molecule has 6 heteroatoms. The van der Waals surface area contributed by atoms with Crippen molar-refractivity contribution in [1.29, 1.82) is 0 Å². The lowest BCUT2D eigenvalue weighted by Gasteiger charge is -2.18. The quantitative estimate of drug-likeness (QED) is 0.0261. The first kappa shape index (κ1) is 73.3. The van der Waals surface area contributed by atoms with E-state index in [1.165, 1.54) is 83.5 Å². The van der Waals surface area contributed by atoms with Gasteiger partial charge in [0, 0.05) is 19.3 Å². The van der Waals surface area contributed by atoms with Gasteiger partial charge in [-0.05, 0) is 148 Å². The van der Waals surface area contributed by atoms with Crippen LogP contribution in [0.5, 0.6) is 0 Å². The van der Waals surface area contributed by atoms with E-state index in [4.69, 9.17) is 14.2 Å². The maximum absolute atomic E-state index is 12.9. The molecule has 0 aliphatic heterocycles. The van der Waals surface area contributed by atoms with E-state index >= 15 is 0 Å². The molecule has 6 nitrogen and oxygen atoms in total. The largest absolute Gasteiger partial charge is 0.462 e. The summed E-state index contributed by atoms with van der Waals surface area (Å²) in [5, 5.41) is 0. The number of hydrogen-bond donors (Lipinski definition) is 0. The Hall–Kier alpha value is -4.71. The van der Waals surface area contributed by atoms with Gasteiger partial charge >= 0.3 is 17.9 Å². The zero-order valence-corrected chi connectivity index (χ0v) is 50.4. The lowest BCUT2D eigenvalue weighted by molar-refractivity contribution is -0.167. The summed E-state index contributed by atoms with van der Waals surface area (Å²) < 4.78 is 16.9. The highest BCUT2D eigenvalue weighted by Gasteiger charge is 2.19. The molecule has 0 rings (SSSR count). The van der Waals surface area contributed by atoms with Crippen molar-refractivity contribution in [2.75, 3.05) is 13.2 Å². The van der Waals surface area contributed by atoms with Crippen molar-refractivity contribution in [2.24, 2.45) is 0 Å². The Morgan fingerprint density at radius 3 is 0.833 bits per heavy atom. The highest BCUT2D eigenvalue weighted by atomic mass is 16.6. The van der Waals surface area contributed by atoms with E-state index in [2.05, 4.69) is 167 Å². The molecule has 0 aromatic carbocycles. The Labute approximate surface area is 480 Å². The highest BCUT2D eigenvalue weighted by Crippen LogP contribution is 2.14. The van der Waals surface area contributed by atoms with Crippen molar-refractivity contribution in [1.82, 2.24) is 0 Å². The molecular formula is C72H116O6. The Kier molecular flexibility index (Phi) is 60.9. The van der Waals surface area contributed by atoms with Crippen LogP contribution in [0.15, 0.2) is 146 Å². The molecule has 0 fully saturated rings. The van der Waals surface area contributed by atoms with E-state index < -0.39 is 6.10 Å². The Bertz CT molecular complexity index is 1710. The van der Waals surface area contributed by atoms with Crippen LogP contribution in [0, 0.1) is 0 Å². The van der Waals surface area contributed by atoms with Crippen molar-refractivity contribution >= 4 is 17.9 Å². The third-order valence-corrected chi connectivity index (χ3v) is 13.0. The van der Waals surface area contributed by atoms with E-state index in [1.807, 2.05) is 0 Å². The van der Waals surface area contributed by atoms with Gasteiger partial charge in [0.2, 0.25) is 0 Å². The third kappa shape index (κ3) is 62.1. The molecule has 0 aliphatic rings. The molecule has 0 aliphatic carbocycles. The topological polar surface area (TPSA) is 78.9 Å². The second kappa shape index (κ2) is 64.8. The average molecular weight is 1080 g/mol. The van der Waals surface area contributed by atoms with Gasteiger partial charge in [0.1, 0.15) is 13.2 Å². The molecule has 1 unspecified atom stereocenters. The number of carbonyl (C=O) groups is 3. The van der Waals surface area contributed by atoms with Crippen LogP contribution >= 0.6 is 0 Å². The second-order valence-corrected chi connectivity index (χ2v) is 20.6. The van der Waals surface area contributed by atoms with E-state index in [9.17, 15) is 14.4 Å². The summed E-state index contributed by atoms with van der Waals surface area (Å²) in [6.45, 7) is 6.43. The fraction of sp³-hybridized carbons (Fsp3) is 0.625. The Morgan fingerprint density at radius 1 is 0.269 bits per heavy atom. The van der Waals surface area contributed by atoms with Crippen LogP contribution in [0.25, 0.3) is 0 Å². The van der Waals surface area contributed by atoms with Gasteiger partial charge in [-0.3, -0.25) is 14.4 Å². The molecule has 0 aromatic rings. The number of ether oxygens (including phenoxy) is 3. The molecule has 78 heavy (non-hydrogen) atoms. The van der Waals surface area contributed by atoms with E-state index in [0.717, 1.165) is 141 Å². The number of esters is 3. The van der Waals surface area contributed by atoms with Gasteiger partial charge in [-0.2, -0.15) is 0 Å². The summed E-state index contributed by atoms with van der Waals surface area (Å²) in [6, 6.07) is 0. The molecule has 0 N–H and O–H groups in total. The fourth-order valence-corrected chi connectivity index (χ4v) is 8.28. The summed E-state index contributed by atoms with van der Waals surface area (Å²) >= 11 is 0. The average Bonchev–Trinajstić information content (AvgIpc) is 3.44. The van der Waals surface area contributed by atoms with Gasteiger partial charge in [-0.25, -0.2) is 0 Å². The SMILES string of the molecule is CC/C=C\C/C=C\C/C=C\C/C=C\C/C=C\C/C=C\C/C=C\C/C=C\CCCCC(=O)OCC(COC(=O)CCCCCCC/C=C\C/C=C\CCCCC)OC(=O)CCCCCCCCC/C=C\C/C=C\CCCCCC. The second-order valence-electron chi connectivity index (χ2n) is 20.6. The minimum Gasteiger partial charge on any atom is -0.462 e. The minimum absolute atomic E-state index is 0.107. The van der Waals surface area contributed by atoms with Crippen LogP contribution in [0.1, 0.15) is 271 Å². The summed E-state index contributed by atoms with van der Waals surface area (Å²) in [6.07, 6.45) is 92.7. The van der Waals surface area contributed by atoms with Crippen LogP contribution in [-0.2, 0) is 28.6 Å². The highest BCUT2D eigenvalue weighted by molar-refractivity contribution is 5.71. The first-order valence-electron chi connectivity index (χ1n) is 31.8. The van der Waals surface area contributed by atoms with Gasteiger partial charge in [-0.1, -0.05) is 250 Å². The molecule has 0 amide bonds. The lowest BCUT2D eigenvalue weighted by Crippen LogP contribution is -2.30. The number of allylic oxidation sites excluding steroid dienone is 24. The summed E-state index contributed by atoms with van der Waals surface area (Å²) in [7, 11) is 0. The number of carbonyl (C=O) groups excluding carboxylic acids is 3. The maximum Gasteiger partial charge on any atom is 0.306 e. The third-order valence-electron chi connectivity index (χ3n) is 13.0. The molecule has 0 aromatic heterocycles. The Balaban J connectivity index is 4.49. The molecule has 0 heterocycles. The van der Waals surface area contributed by atoms with Crippen molar-refractivity contribution < 1.29 is 28.6 Å². The normalized spacial score (nSPS) is 13.1. The smallest absolute Gasteiger partial charge is 0.306 e. The monoisotopic (exact) mass is 1080 g/mol. The van der Waals surface area contributed by atoms with E-state index in [0.29, 0.717) is 25.7 Å². The number of unbranched alkanes of at least 4 members (excludes halogenated alkanes) is 21. The summed E-state index contributed by atoms with van der Waals surface area (Å²) in [5.74, 6) is -0.974. The molecule has 0 saturated heterocycles. The first-order valence-corrected chi connectivity index (χ1v) is 31.8. The van der Waals surface area contributed by atoms with Crippen molar-refractivity contribution in [3.8, 4) is 0 Å². The Morgan fingerprint density at radius 2 is 0.500 bits per heavy atom. The zero-order chi connectivity index (χ0) is 56.4.